The Labute approximate surface area is 98.4 Å². The van der Waals surface area contributed by atoms with Crippen LogP contribution in [0.3, 0.4) is 0 Å². The summed E-state index contributed by atoms with van der Waals surface area (Å²) in [6.07, 6.45) is 0. The lowest BCUT2D eigenvalue weighted by molar-refractivity contribution is 0.589. The van der Waals surface area contributed by atoms with Crippen molar-refractivity contribution in [2.45, 2.75) is 13.8 Å². The Morgan fingerprint density at radius 2 is 2.07 bits per heavy atom. The second kappa shape index (κ2) is 4.96. The van der Waals surface area contributed by atoms with Gasteiger partial charge in [0.05, 0.1) is 5.69 Å². The summed E-state index contributed by atoms with van der Waals surface area (Å²) in [5.41, 5.74) is 1.52. The Kier molecular flexibility index (Phi) is 4.12. The van der Waals surface area contributed by atoms with Gasteiger partial charge in [0.2, 0.25) is 0 Å². The van der Waals surface area contributed by atoms with Crippen molar-refractivity contribution in [3.05, 3.63) is 28.2 Å². The van der Waals surface area contributed by atoms with Gasteiger partial charge in [0.1, 0.15) is 0 Å². The maximum atomic E-state index is 11.4. The van der Waals surface area contributed by atoms with Gasteiger partial charge in [-0.2, -0.15) is 13.1 Å². The van der Waals surface area contributed by atoms with Gasteiger partial charge in [-0.15, -0.1) is 0 Å². The number of hydrogen-bond donors (Lipinski definition) is 2. The summed E-state index contributed by atoms with van der Waals surface area (Å²) in [5.74, 6) is 0. The lowest BCUT2D eigenvalue weighted by Gasteiger charge is -2.10. The fourth-order valence-corrected chi connectivity index (χ4v) is 2.50. The van der Waals surface area contributed by atoms with Gasteiger partial charge in [0.15, 0.2) is 0 Å². The highest BCUT2D eigenvalue weighted by Gasteiger charge is 2.10. The Hall–Kier alpha value is -0.590. The molecule has 0 heterocycles. The number of halogens is 1. The molecule has 0 aromatic heterocycles. The molecule has 0 aliphatic carbocycles. The van der Waals surface area contributed by atoms with Crippen LogP contribution in [0.1, 0.15) is 12.5 Å². The quantitative estimate of drug-likeness (QED) is 0.892. The molecular formula is C9H13BrN2O2S. The molecule has 0 spiro atoms. The Morgan fingerprint density at radius 1 is 1.40 bits per heavy atom. The van der Waals surface area contributed by atoms with E-state index in [2.05, 4.69) is 25.4 Å². The zero-order valence-corrected chi connectivity index (χ0v) is 10.9. The summed E-state index contributed by atoms with van der Waals surface area (Å²) in [4.78, 5) is 0. The van der Waals surface area contributed by atoms with E-state index in [1.54, 1.807) is 19.1 Å². The molecule has 1 aromatic rings. The first-order valence-electron chi connectivity index (χ1n) is 4.49. The van der Waals surface area contributed by atoms with Crippen molar-refractivity contribution in [3.8, 4) is 0 Å². The van der Waals surface area contributed by atoms with E-state index >= 15 is 0 Å². The van der Waals surface area contributed by atoms with Crippen LogP contribution in [0, 0.1) is 6.92 Å². The molecule has 2 N–H and O–H groups in total. The van der Waals surface area contributed by atoms with E-state index in [1.165, 1.54) is 0 Å². The third-order valence-electron chi connectivity index (χ3n) is 1.77. The summed E-state index contributed by atoms with van der Waals surface area (Å²) in [6.45, 7) is 3.98. The number of aryl methyl sites for hydroxylation is 1. The van der Waals surface area contributed by atoms with Crippen LogP contribution in [-0.2, 0) is 10.2 Å². The maximum Gasteiger partial charge on any atom is 0.299 e. The average Bonchev–Trinajstić information content (AvgIpc) is 2.12. The summed E-state index contributed by atoms with van der Waals surface area (Å²) in [7, 11) is -3.45. The van der Waals surface area contributed by atoms with Gasteiger partial charge >= 0.3 is 0 Å². The molecule has 1 rings (SSSR count). The molecule has 1 aromatic carbocycles. The van der Waals surface area contributed by atoms with Gasteiger partial charge in [0, 0.05) is 11.0 Å². The molecule has 0 amide bonds. The lowest BCUT2D eigenvalue weighted by atomic mass is 10.2. The Bertz CT molecular complexity index is 445. The number of anilines is 1. The Balaban J connectivity index is 2.95. The molecule has 0 radical (unpaired) electrons. The van der Waals surface area contributed by atoms with Crippen LogP contribution < -0.4 is 9.44 Å². The second-order valence-corrected chi connectivity index (χ2v) is 5.33. The molecule has 0 saturated heterocycles. The molecule has 84 valence electrons. The summed E-state index contributed by atoms with van der Waals surface area (Å²) < 4.78 is 28.4. The smallest absolute Gasteiger partial charge is 0.270 e. The number of nitrogens with one attached hydrogen (secondary N) is 2. The molecule has 0 fully saturated rings. The highest BCUT2D eigenvalue weighted by molar-refractivity contribution is 9.10. The zero-order valence-electron chi connectivity index (χ0n) is 8.54. The summed E-state index contributed by atoms with van der Waals surface area (Å²) in [5, 5.41) is 0. The fraction of sp³-hybridized carbons (Fsp3) is 0.333. The summed E-state index contributed by atoms with van der Waals surface area (Å²) >= 11 is 3.33. The third-order valence-corrected chi connectivity index (χ3v) is 3.98. The topological polar surface area (TPSA) is 58.2 Å². The molecule has 0 unspecified atom stereocenters. The van der Waals surface area contributed by atoms with Gasteiger partial charge < -0.3 is 0 Å². The molecule has 6 heteroatoms. The van der Waals surface area contributed by atoms with Crippen molar-refractivity contribution in [1.29, 1.82) is 0 Å². The third kappa shape index (κ3) is 3.48. The monoisotopic (exact) mass is 292 g/mol. The maximum absolute atomic E-state index is 11.4. The van der Waals surface area contributed by atoms with Crippen molar-refractivity contribution in [2.24, 2.45) is 0 Å². The molecule has 0 aliphatic heterocycles. The van der Waals surface area contributed by atoms with Crippen LogP contribution in [0.15, 0.2) is 22.7 Å². The largest absolute Gasteiger partial charge is 0.299 e. The number of hydrogen-bond acceptors (Lipinski definition) is 2. The second-order valence-electron chi connectivity index (χ2n) is 3.04. The van der Waals surface area contributed by atoms with Crippen molar-refractivity contribution < 1.29 is 8.42 Å². The zero-order chi connectivity index (χ0) is 11.5. The lowest BCUT2D eigenvalue weighted by Crippen LogP contribution is -2.29. The van der Waals surface area contributed by atoms with E-state index in [-0.39, 0.29) is 0 Å². The average molecular weight is 293 g/mol. The Morgan fingerprint density at radius 3 is 2.67 bits per heavy atom. The number of benzene rings is 1. The van der Waals surface area contributed by atoms with Crippen LogP contribution >= 0.6 is 15.9 Å². The fourth-order valence-electron chi connectivity index (χ4n) is 1.10. The van der Waals surface area contributed by atoms with E-state index in [1.807, 2.05) is 13.0 Å². The van der Waals surface area contributed by atoms with Gasteiger partial charge in [-0.1, -0.05) is 19.1 Å². The normalized spacial score (nSPS) is 11.4. The predicted octanol–water partition coefficient (Wildman–Crippen LogP) is 2.02. The molecule has 0 saturated carbocycles. The molecule has 0 bridgehead atoms. The van der Waals surface area contributed by atoms with Crippen LogP contribution in [0.4, 0.5) is 5.69 Å². The van der Waals surface area contributed by atoms with Crippen LogP contribution in [0.2, 0.25) is 0 Å². The van der Waals surface area contributed by atoms with Crippen molar-refractivity contribution in [2.75, 3.05) is 11.3 Å². The molecule has 15 heavy (non-hydrogen) atoms. The predicted molar refractivity (Wildman–Crippen MR) is 65.1 cm³/mol. The minimum absolute atomic E-state index is 0.360. The van der Waals surface area contributed by atoms with Crippen molar-refractivity contribution in [1.82, 2.24) is 4.72 Å². The van der Waals surface area contributed by atoms with Gasteiger partial charge in [0.25, 0.3) is 10.2 Å². The van der Waals surface area contributed by atoms with Gasteiger partial charge in [-0.05, 0) is 34.5 Å². The van der Waals surface area contributed by atoms with Gasteiger partial charge in [-0.3, -0.25) is 4.72 Å². The van der Waals surface area contributed by atoms with Crippen LogP contribution in [0.25, 0.3) is 0 Å². The van der Waals surface area contributed by atoms with Crippen molar-refractivity contribution in [3.63, 3.8) is 0 Å². The highest BCUT2D eigenvalue weighted by Crippen LogP contribution is 2.26. The highest BCUT2D eigenvalue weighted by atomic mass is 79.9. The molecule has 0 aliphatic rings. The minimum Gasteiger partial charge on any atom is -0.270 e. The molecule has 0 atom stereocenters. The first-order valence-corrected chi connectivity index (χ1v) is 6.76. The van der Waals surface area contributed by atoms with E-state index in [9.17, 15) is 8.42 Å². The first-order chi connectivity index (χ1) is 6.96. The van der Waals surface area contributed by atoms with E-state index < -0.39 is 10.2 Å². The van der Waals surface area contributed by atoms with E-state index in [0.717, 1.165) is 10.0 Å². The van der Waals surface area contributed by atoms with Crippen molar-refractivity contribution >= 4 is 31.8 Å². The number of rotatable bonds is 4. The molecule has 4 nitrogen and oxygen atoms in total. The SMILES string of the molecule is CCNS(=O)(=O)Nc1cccc(C)c1Br. The minimum atomic E-state index is -3.45. The first kappa shape index (κ1) is 12.5. The van der Waals surface area contributed by atoms with E-state index in [4.69, 9.17) is 0 Å². The standard InChI is InChI=1S/C9H13BrN2O2S/c1-3-11-15(13,14)12-8-6-4-5-7(2)9(8)10/h4-6,11-12H,3H2,1-2H3. The van der Waals surface area contributed by atoms with Crippen LogP contribution in [-0.4, -0.2) is 15.0 Å². The van der Waals surface area contributed by atoms with Gasteiger partial charge in [-0.25, -0.2) is 0 Å². The van der Waals surface area contributed by atoms with E-state index in [0.29, 0.717) is 12.2 Å². The summed E-state index contributed by atoms with van der Waals surface area (Å²) in [6, 6.07) is 5.39. The molecular weight excluding hydrogens is 280 g/mol. The van der Waals surface area contributed by atoms with Crippen LogP contribution in [0.5, 0.6) is 0 Å².